The van der Waals surface area contributed by atoms with Crippen LogP contribution >= 0.6 is 0 Å². The standard InChI is InChI=1S/C19H18N4O2/c1-14(24)23(12-15-5-3-9-20-11-15)13-18(25)22-17-8-2-6-16-7-4-10-21-19(16)17/h2-11H,12-13H2,1H3,(H,22,25). The highest BCUT2D eigenvalue weighted by Gasteiger charge is 2.15. The van der Waals surface area contributed by atoms with Crippen LogP contribution in [0.15, 0.2) is 61.1 Å². The Labute approximate surface area is 145 Å². The van der Waals surface area contributed by atoms with Crippen LogP contribution in [0, 0.1) is 0 Å². The van der Waals surface area contributed by atoms with Gasteiger partial charge in [-0.05, 0) is 23.8 Å². The van der Waals surface area contributed by atoms with Crippen molar-refractivity contribution < 1.29 is 9.59 Å². The summed E-state index contributed by atoms with van der Waals surface area (Å²) in [4.78, 5) is 34.1. The molecule has 0 bridgehead atoms. The van der Waals surface area contributed by atoms with E-state index >= 15 is 0 Å². The second-order valence-electron chi connectivity index (χ2n) is 5.67. The lowest BCUT2D eigenvalue weighted by Crippen LogP contribution is -2.36. The second-order valence-corrected chi connectivity index (χ2v) is 5.67. The fourth-order valence-electron chi connectivity index (χ4n) is 2.56. The van der Waals surface area contributed by atoms with Gasteiger partial charge in [-0.3, -0.25) is 19.6 Å². The number of hydrogen-bond acceptors (Lipinski definition) is 4. The van der Waals surface area contributed by atoms with E-state index in [9.17, 15) is 9.59 Å². The van der Waals surface area contributed by atoms with Gasteiger partial charge in [0.15, 0.2) is 0 Å². The molecule has 1 aromatic carbocycles. The first-order valence-electron chi connectivity index (χ1n) is 7.91. The number of para-hydroxylation sites is 1. The van der Waals surface area contributed by atoms with Gasteiger partial charge >= 0.3 is 0 Å². The number of anilines is 1. The lowest BCUT2D eigenvalue weighted by Gasteiger charge is -2.20. The Kier molecular flexibility index (Phi) is 4.99. The Morgan fingerprint density at radius 1 is 1.08 bits per heavy atom. The van der Waals surface area contributed by atoms with Crippen molar-refractivity contribution in [2.75, 3.05) is 11.9 Å². The molecule has 0 fully saturated rings. The van der Waals surface area contributed by atoms with Crippen LogP contribution in [0.1, 0.15) is 12.5 Å². The first-order valence-corrected chi connectivity index (χ1v) is 7.91. The van der Waals surface area contributed by atoms with Crippen molar-refractivity contribution in [1.82, 2.24) is 14.9 Å². The molecule has 6 heteroatoms. The van der Waals surface area contributed by atoms with Gasteiger partial charge in [0.05, 0.1) is 11.2 Å². The summed E-state index contributed by atoms with van der Waals surface area (Å²) in [5.41, 5.74) is 2.23. The van der Waals surface area contributed by atoms with Crippen LogP contribution in [0.4, 0.5) is 5.69 Å². The molecule has 0 aliphatic carbocycles. The molecule has 2 amide bonds. The largest absolute Gasteiger partial charge is 0.329 e. The van der Waals surface area contributed by atoms with E-state index in [0.29, 0.717) is 12.2 Å². The summed E-state index contributed by atoms with van der Waals surface area (Å²) in [6.45, 7) is 1.75. The molecule has 3 rings (SSSR count). The second kappa shape index (κ2) is 7.53. The van der Waals surface area contributed by atoms with E-state index in [-0.39, 0.29) is 18.4 Å². The SMILES string of the molecule is CC(=O)N(CC(=O)Nc1cccc2cccnc12)Cc1cccnc1. The van der Waals surface area contributed by atoms with E-state index in [1.54, 1.807) is 30.7 Å². The lowest BCUT2D eigenvalue weighted by molar-refractivity contribution is -0.133. The Morgan fingerprint density at radius 2 is 1.88 bits per heavy atom. The molecule has 25 heavy (non-hydrogen) atoms. The zero-order valence-corrected chi connectivity index (χ0v) is 13.8. The molecule has 0 saturated heterocycles. The molecule has 2 heterocycles. The zero-order valence-electron chi connectivity index (χ0n) is 13.8. The Bertz CT molecular complexity index is 891. The van der Waals surface area contributed by atoms with Crippen LogP contribution in [0.25, 0.3) is 10.9 Å². The molecule has 0 radical (unpaired) electrons. The van der Waals surface area contributed by atoms with E-state index in [0.717, 1.165) is 16.5 Å². The Balaban J connectivity index is 1.72. The first kappa shape index (κ1) is 16.6. The molecular formula is C19H18N4O2. The Hall–Kier alpha value is -3.28. The monoisotopic (exact) mass is 334 g/mol. The van der Waals surface area contributed by atoms with E-state index in [1.165, 1.54) is 11.8 Å². The third kappa shape index (κ3) is 4.17. The van der Waals surface area contributed by atoms with Crippen LogP contribution in [-0.2, 0) is 16.1 Å². The predicted octanol–water partition coefficient (Wildman–Crippen LogP) is 2.62. The normalized spacial score (nSPS) is 10.4. The van der Waals surface area contributed by atoms with Gasteiger partial charge in [-0.25, -0.2) is 0 Å². The topological polar surface area (TPSA) is 75.2 Å². The summed E-state index contributed by atoms with van der Waals surface area (Å²) in [5, 5.41) is 3.79. The van der Waals surface area contributed by atoms with Gasteiger partial charge in [0.2, 0.25) is 11.8 Å². The molecule has 3 aromatic rings. The number of amides is 2. The highest BCUT2D eigenvalue weighted by Crippen LogP contribution is 2.20. The maximum Gasteiger partial charge on any atom is 0.244 e. The summed E-state index contributed by atoms with van der Waals surface area (Å²) in [6.07, 6.45) is 5.03. The summed E-state index contributed by atoms with van der Waals surface area (Å²) in [6, 6.07) is 13.0. The van der Waals surface area contributed by atoms with Crippen molar-refractivity contribution in [1.29, 1.82) is 0 Å². The summed E-state index contributed by atoms with van der Waals surface area (Å²) >= 11 is 0. The third-order valence-electron chi connectivity index (χ3n) is 3.78. The van der Waals surface area contributed by atoms with E-state index in [4.69, 9.17) is 0 Å². The molecule has 1 N–H and O–H groups in total. The van der Waals surface area contributed by atoms with Gasteiger partial charge in [0.25, 0.3) is 0 Å². The molecule has 0 aliphatic rings. The third-order valence-corrected chi connectivity index (χ3v) is 3.78. The fourth-order valence-corrected chi connectivity index (χ4v) is 2.56. The van der Waals surface area contributed by atoms with Crippen molar-refractivity contribution in [2.24, 2.45) is 0 Å². The zero-order chi connectivity index (χ0) is 17.6. The smallest absolute Gasteiger partial charge is 0.244 e. The first-order chi connectivity index (χ1) is 12.1. The van der Waals surface area contributed by atoms with Crippen molar-refractivity contribution in [2.45, 2.75) is 13.5 Å². The van der Waals surface area contributed by atoms with E-state index in [1.807, 2.05) is 30.3 Å². The molecule has 0 spiro atoms. The van der Waals surface area contributed by atoms with Crippen molar-refractivity contribution in [3.63, 3.8) is 0 Å². The van der Waals surface area contributed by atoms with Crippen LogP contribution < -0.4 is 5.32 Å². The number of aromatic nitrogens is 2. The van der Waals surface area contributed by atoms with E-state index in [2.05, 4.69) is 15.3 Å². The van der Waals surface area contributed by atoms with Crippen LogP contribution in [-0.4, -0.2) is 33.2 Å². The number of nitrogens with one attached hydrogen (secondary N) is 1. The number of carbonyl (C=O) groups excluding carboxylic acids is 2. The van der Waals surface area contributed by atoms with Crippen LogP contribution in [0.2, 0.25) is 0 Å². The molecule has 2 aromatic heterocycles. The van der Waals surface area contributed by atoms with Crippen LogP contribution in [0.3, 0.4) is 0 Å². The van der Waals surface area contributed by atoms with Gasteiger partial charge in [0, 0.05) is 37.4 Å². The Morgan fingerprint density at radius 3 is 2.64 bits per heavy atom. The van der Waals surface area contributed by atoms with Gasteiger partial charge in [-0.2, -0.15) is 0 Å². The molecular weight excluding hydrogens is 316 g/mol. The average Bonchev–Trinajstić information content (AvgIpc) is 2.62. The predicted molar refractivity (Wildman–Crippen MR) is 95.7 cm³/mol. The number of hydrogen-bond donors (Lipinski definition) is 1. The lowest BCUT2D eigenvalue weighted by atomic mass is 10.2. The number of carbonyl (C=O) groups is 2. The number of fused-ring (bicyclic) bond motifs is 1. The molecule has 0 saturated carbocycles. The average molecular weight is 334 g/mol. The van der Waals surface area contributed by atoms with Crippen molar-refractivity contribution in [3.05, 3.63) is 66.6 Å². The highest BCUT2D eigenvalue weighted by molar-refractivity contribution is 6.01. The summed E-state index contributed by atoms with van der Waals surface area (Å²) in [5.74, 6) is -0.438. The molecule has 0 aliphatic heterocycles. The minimum Gasteiger partial charge on any atom is -0.329 e. The van der Waals surface area contributed by atoms with Gasteiger partial charge < -0.3 is 10.2 Å². The number of rotatable bonds is 5. The highest BCUT2D eigenvalue weighted by atomic mass is 16.2. The maximum absolute atomic E-state index is 12.4. The molecule has 6 nitrogen and oxygen atoms in total. The molecule has 0 unspecified atom stereocenters. The number of pyridine rings is 2. The summed E-state index contributed by atoms with van der Waals surface area (Å²) in [7, 11) is 0. The van der Waals surface area contributed by atoms with Gasteiger partial charge in [-0.1, -0.05) is 24.3 Å². The van der Waals surface area contributed by atoms with Crippen molar-refractivity contribution >= 4 is 28.4 Å². The number of benzene rings is 1. The maximum atomic E-state index is 12.4. The van der Waals surface area contributed by atoms with Gasteiger partial charge in [-0.15, -0.1) is 0 Å². The quantitative estimate of drug-likeness (QED) is 0.778. The number of nitrogens with zero attached hydrogens (tertiary/aromatic N) is 3. The van der Waals surface area contributed by atoms with Crippen LogP contribution in [0.5, 0.6) is 0 Å². The van der Waals surface area contributed by atoms with Crippen molar-refractivity contribution in [3.8, 4) is 0 Å². The van der Waals surface area contributed by atoms with E-state index < -0.39 is 0 Å². The minimum atomic E-state index is -0.266. The molecule has 126 valence electrons. The van der Waals surface area contributed by atoms with Gasteiger partial charge in [0.1, 0.15) is 6.54 Å². The molecule has 0 atom stereocenters. The fraction of sp³-hybridized carbons (Fsp3) is 0.158. The minimum absolute atomic E-state index is 0.0343. The summed E-state index contributed by atoms with van der Waals surface area (Å²) < 4.78 is 0.